The van der Waals surface area contributed by atoms with Gasteiger partial charge >= 0.3 is 37.7 Å². The van der Waals surface area contributed by atoms with E-state index in [1.807, 2.05) is 6.92 Å². The number of carbonyl (C=O) groups is 1. The van der Waals surface area contributed by atoms with Gasteiger partial charge in [-0.3, -0.25) is 4.79 Å². The van der Waals surface area contributed by atoms with Crippen LogP contribution in [0, 0.1) is 20.8 Å². The summed E-state index contributed by atoms with van der Waals surface area (Å²) in [5.74, 6) is 0. The van der Waals surface area contributed by atoms with E-state index in [2.05, 4.69) is 0 Å². The normalized spacial score (nSPS) is 10.2. The van der Waals surface area contributed by atoms with Gasteiger partial charge in [0, 0.05) is 13.2 Å². The third-order valence-electron chi connectivity index (χ3n) is 2.14. The van der Waals surface area contributed by atoms with Crippen LogP contribution in [0.2, 0.25) is 0 Å². The molecule has 0 aliphatic rings. The summed E-state index contributed by atoms with van der Waals surface area (Å²) in [6, 6.07) is 3.35. The minimum Gasteiger partial charge on any atom is -0.805 e. The van der Waals surface area contributed by atoms with Crippen molar-refractivity contribution in [2.75, 3.05) is 0 Å². The van der Waals surface area contributed by atoms with Crippen LogP contribution in [0.4, 0.5) is 0 Å². The van der Waals surface area contributed by atoms with Crippen LogP contribution in [-0.4, -0.2) is 5.52 Å². The van der Waals surface area contributed by atoms with Gasteiger partial charge in [0.2, 0.25) is 0 Å². The van der Waals surface area contributed by atoms with Crippen LogP contribution >= 0.6 is 7.60 Å². The Kier molecular flexibility index (Phi) is 8.04. The molecule has 0 saturated heterocycles. The molecular weight excluding hydrogens is 229 g/mol. The molecule has 0 saturated carbocycles. The quantitative estimate of drug-likeness (QED) is 0.382. The molecular formula is C10H11Li2O4P. The Balaban J connectivity index is 0. The molecule has 0 heterocycles. The molecule has 0 aromatic heterocycles. The Morgan fingerprint density at radius 1 is 1.06 bits per heavy atom. The molecule has 0 aliphatic carbocycles. The van der Waals surface area contributed by atoms with E-state index in [1.54, 1.807) is 26.0 Å². The SMILES string of the molecule is Cc1cc(C)c(C(=O)P(=O)([O-])[O-])c(C)c1.[Li+].[Li+]. The van der Waals surface area contributed by atoms with E-state index in [0.717, 1.165) is 5.56 Å². The zero-order valence-corrected chi connectivity index (χ0v) is 11.6. The summed E-state index contributed by atoms with van der Waals surface area (Å²) in [5, 5.41) is 0. The summed E-state index contributed by atoms with van der Waals surface area (Å²) in [6.45, 7) is 5.06. The predicted octanol–water partition coefficient (Wildman–Crippen LogP) is -5.33. The van der Waals surface area contributed by atoms with Crippen LogP contribution in [0.15, 0.2) is 12.1 Å². The Morgan fingerprint density at radius 2 is 1.41 bits per heavy atom. The van der Waals surface area contributed by atoms with Crippen molar-refractivity contribution in [1.82, 2.24) is 0 Å². The van der Waals surface area contributed by atoms with Crippen LogP contribution in [0.25, 0.3) is 0 Å². The van der Waals surface area contributed by atoms with Gasteiger partial charge in [-0.15, -0.1) is 0 Å². The number of hydrogen-bond donors (Lipinski definition) is 0. The average molecular weight is 240 g/mol. The maximum absolute atomic E-state index is 11.3. The third kappa shape index (κ3) is 4.78. The molecule has 0 fully saturated rings. The second-order valence-corrected chi connectivity index (χ2v) is 4.98. The topological polar surface area (TPSA) is 80.3 Å². The first-order chi connectivity index (χ1) is 6.73. The van der Waals surface area contributed by atoms with Gasteiger partial charge in [0.1, 0.15) is 0 Å². The number of hydrogen-bond acceptors (Lipinski definition) is 4. The van der Waals surface area contributed by atoms with Crippen molar-refractivity contribution in [2.45, 2.75) is 20.8 Å². The first-order valence-corrected chi connectivity index (χ1v) is 5.92. The van der Waals surface area contributed by atoms with Gasteiger partial charge in [-0.25, -0.2) is 0 Å². The van der Waals surface area contributed by atoms with E-state index < -0.39 is 13.1 Å². The maximum atomic E-state index is 11.3. The zero-order valence-electron chi connectivity index (χ0n) is 10.7. The first kappa shape index (κ1) is 19.6. The van der Waals surface area contributed by atoms with Crippen molar-refractivity contribution in [2.24, 2.45) is 0 Å². The van der Waals surface area contributed by atoms with Gasteiger partial charge in [0.05, 0.1) is 0 Å². The van der Waals surface area contributed by atoms with Crippen LogP contribution < -0.4 is 47.5 Å². The number of rotatable bonds is 2. The third-order valence-corrected chi connectivity index (χ3v) is 2.86. The molecule has 0 amide bonds. The van der Waals surface area contributed by atoms with Gasteiger partial charge in [0.25, 0.3) is 0 Å². The smallest absolute Gasteiger partial charge is 0.805 e. The van der Waals surface area contributed by atoms with Crippen LogP contribution in [-0.2, 0) is 4.57 Å². The van der Waals surface area contributed by atoms with Crippen molar-refractivity contribution >= 4 is 13.1 Å². The van der Waals surface area contributed by atoms with E-state index in [4.69, 9.17) is 0 Å². The van der Waals surface area contributed by atoms with Crippen molar-refractivity contribution in [1.29, 1.82) is 0 Å². The molecule has 7 heteroatoms. The zero-order chi connectivity index (χ0) is 11.8. The second-order valence-electron chi connectivity index (χ2n) is 3.58. The van der Waals surface area contributed by atoms with Gasteiger partial charge in [0.15, 0.2) is 5.52 Å². The minimum atomic E-state index is -5.19. The molecule has 0 bridgehead atoms. The fourth-order valence-electron chi connectivity index (χ4n) is 1.65. The first-order valence-electron chi connectivity index (χ1n) is 4.38. The number of benzene rings is 1. The molecule has 0 N–H and O–H groups in total. The van der Waals surface area contributed by atoms with Crippen molar-refractivity contribution in [3.63, 3.8) is 0 Å². The molecule has 0 radical (unpaired) electrons. The summed E-state index contributed by atoms with van der Waals surface area (Å²) >= 11 is 0. The van der Waals surface area contributed by atoms with E-state index >= 15 is 0 Å². The van der Waals surface area contributed by atoms with Crippen LogP contribution in [0.5, 0.6) is 0 Å². The molecule has 0 unspecified atom stereocenters. The standard InChI is InChI=1S/C10H13O4P.2Li/c1-6-4-7(2)9(8(3)5-6)10(11)15(12,13)14;;/h4-5H,1-3H3,(H2,12,13,14);;/q;2*+1/p-2. The number of carbonyl (C=O) groups excluding carboxylic acids is 1. The van der Waals surface area contributed by atoms with Crippen molar-refractivity contribution in [3.05, 3.63) is 34.4 Å². The Labute approximate surface area is 125 Å². The van der Waals surface area contributed by atoms with Gasteiger partial charge in [-0.05, 0) is 31.9 Å². The minimum absolute atomic E-state index is 0. The summed E-state index contributed by atoms with van der Waals surface area (Å²) in [5.41, 5.74) is 0.647. The van der Waals surface area contributed by atoms with E-state index in [-0.39, 0.29) is 43.3 Å². The molecule has 4 nitrogen and oxygen atoms in total. The summed E-state index contributed by atoms with van der Waals surface area (Å²) in [7, 11) is -5.19. The van der Waals surface area contributed by atoms with E-state index in [9.17, 15) is 19.1 Å². The Hall–Kier alpha value is 0.235. The fraction of sp³-hybridized carbons (Fsp3) is 0.300. The molecule has 0 spiro atoms. The Morgan fingerprint density at radius 3 is 1.71 bits per heavy atom. The molecule has 1 aromatic carbocycles. The number of aryl methyl sites for hydroxylation is 3. The maximum Gasteiger partial charge on any atom is 1.00 e. The summed E-state index contributed by atoms with van der Waals surface area (Å²) in [6.07, 6.45) is 0. The average Bonchev–Trinajstić information content (AvgIpc) is 1.99. The largest absolute Gasteiger partial charge is 1.00 e. The Bertz CT molecular complexity index is 444. The van der Waals surface area contributed by atoms with Crippen molar-refractivity contribution in [3.8, 4) is 0 Å². The van der Waals surface area contributed by atoms with Crippen LogP contribution in [0.1, 0.15) is 27.0 Å². The summed E-state index contributed by atoms with van der Waals surface area (Å²) < 4.78 is 10.6. The molecule has 1 aromatic rings. The molecule has 0 atom stereocenters. The molecule has 82 valence electrons. The summed E-state index contributed by atoms with van der Waals surface area (Å²) in [4.78, 5) is 32.6. The molecule has 17 heavy (non-hydrogen) atoms. The van der Waals surface area contributed by atoms with Crippen molar-refractivity contribution < 1.29 is 56.9 Å². The van der Waals surface area contributed by atoms with E-state index in [0.29, 0.717) is 11.1 Å². The monoisotopic (exact) mass is 240 g/mol. The fourth-order valence-corrected chi connectivity index (χ4v) is 2.28. The molecule has 1 rings (SSSR count). The molecule has 0 aliphatic heterocycles. The van der Waals surface area contributed by atoms with Gasteiger partial charge in [-0.2, -0.15) is 0 Å². The van der Waals surface area contributed by atoms with Gasteiger partial charge in [-0.1, -0.05) is 17.7 Å². The predicted molar refractivity (Wildman–Crippen MR) is 52.6 cm³/mol. The second kappa shape index (κ2) is 6.98. The van der Waals surface area contributed by atoms with E-state index in [1.165, 1.54) is 0 Å². The van der Waals surface area contributed by atoms with Crippen LogP contribution in [0.3, 0.4) is 0 Å². The van der Waals surface area contributed by atoms with Gasteiger partial charge < -0.3 is 14.4 Å².